The van der Waals surface area contributed by atoms with E-state index in [2.05, 4.69) is 15.4 Å². The third kappa shape index (κ3) is 4.28. The minimum atomic E-state index is -0.435. The van der Waals surface area contributed by atoms with Crippen molar-refractivity contribution in [2.45, 2.75) is 33.6 Å². The van der Waals surface area contributed by atoms with Gasteiger partial charge in [-0.15, -0.1) is 10.2 Å². The lowest BCUT2D eigenvalue weighted by Crippen LogP contribution is -2.25. The van der Waals surface area contributed by atoms with Crippen LogP contribution in [-0.4, -0.2) is 23.4 Å². The molecule has 124 valence electrons. The molecule has 0 bridgehead atoms. The molecule has 2 aromatic rings. The summed E-state index contributed by atoms with van der Waals surface area (Å²) in [5, 5.41) is 21.4. The Morgan fingerprint density at radius 1 is 1.17 bits per heavy atom. The highest BCUT2D eigenvalue weighted by Crippen LogP contribution is 2.35. The number of phenols is 1. The van der Waals surface area contributed by atoms with Crippen LogP contribution in [0.3, 0.4) is 0 Å². The van der Waals surface area contributed by atoms with Crippen molar-refractivity contribution in [1.29, 1.82) is 0 Å². The van der Waals surface area contributed by atoms with Gasteiger partial charge in [-0.25, -0.2) is 4.39 Å². The Morgan fingerprint density at radius 2 is 1.87 bits per heavy atom. The fourth-order valence-electron chi connectivity index (χ4n) is 2.26. The summed E-state index contributed by atoms with van der Waals surface area (Å²) in [7, 11) is 0. The van der Waals surface area contributed by atoms with Gasteiger partial charge in [0.25, 0.3) is 0 Å². The number of aromatic nitrogens is 1. The van der Waals surface area contributed by atoms with E-state index in [4.69, 9.17) is 4.52 Å². The summed E-state index contributed by atoms with van der Waals surface area (Å²) in [6.07, 6.45) is 1.79. The average Bonchev–Trinajstić information content (AvgIpc) is 2.93. The number of halogens is 1. The molecule has 0 aliphatic rings. The monoisotopic (exact) mass is 320 g/mol. The van der Waals surface area contributed by atoms with Gasteiger partial charge in [0.1, 0.15) is 23.0 Å². The summed E-state index contributed by atoms with van der Waals surface area (Å²) >= 11 is 0. The molecule has 1 aromatic heterocycles. The number of benzene rings is 1. The summed E-state index contributed by atoms with van der Waals surface area (Å²) in [5.74, 6) is 0.307. The molecule has 0 aliphatic carbocycles. The maximum absolute atomic E-state index is 14.4. The number of rotatable bonds is 7. The molecule has 7 heteroatoms. The zero-order valence-corrected chi connectivity index (χ0v) is 13.6. The van der Waals surface area contributed by atoms with E-state index in [9.17, 15) is 9.50 Å². The lowest BCUT2D eigenvalue weighted by atomic mass is 10.2. The number of azo groups is 1. The van der Waals surface area contributed by atoms with Crippen molar-refractivity contribution >= 4 is 17.2 Å². The average molecular weight is 320 g/mol. The molecule has 0 saturated carbocycles. The second-order valence-electron chi connectivity index (χ2n) is 5.28. The van der Waals surface area contributed by atoms with Gasteiger partial charge in [0.15, 0.2) is 0 Å². The van der Waals surface area contributed by atoms with Gasteiger partial charge in [0.05, 0.1) is 5.69 Å². The lowest BCUT2D eigenvalue weighted by molar-refractivity contribution is 0.399. The molecule has 0 radical (unpaired) electrons. The molecule has 0 unspecified atom stereocenters. The van der Waals surface area contributed by atoms with Gasteiger partial charge in [0, 0.05) is 31.3 Å². The van der Waals surface area contributed by atoms with Crippen LogP contribution in [-0.2, 0) is 0 Å². The van der Waals surface area contributed by atoms with Crippen LogP contribution in [0.2, 0.25) is 0 Å². The number of phenolic OH excluding ortho intramolecular Hbond substituents is 1. The van der Waals surface area contributed by atoms with Crippen molar-refractivity contribution < 1.29 is 14.0 Å². The number of aryl methyl sites for hydroxylation is 1. The molecule has 0 amide bonds. The van der Waals surface area contributed by atoms with E-state index in [0.29, 0.717) is 11.4 Å². The SMILES string of the molecule is CCCN(CCC)c1cc(O)c(N=Nc2cc(C)on2)cc1F. The van der Waals surface area contributed by atoms with E-state index < -0.39 is 5.82 Å². The van der Waals surface area contributed by atoms with Gasteiger partial charge in [-0.1, -0.05) is 19.0 Å². The minimum Gasteiger partial charge on any atom is -0.506 e. The molecule has 1 heterocycles. The van der Waals surface area contributed by atoms with Gasteiger partial charge < -0.3 is 14.5 Å². The summed E-state index contributed by atoms with van der Waals surface area (Å²) in [5.41, 5.74) is 0.433. The highest BCUT2D eigenvalue weighted by molar-refractivity contribution is 5.62. The Bertz CT molecular complexity index is 679. The molecular weight excluding hydrogens is 299 g/mol. The van der Waals surface area contributed by atoms with Gasteiger partial charge in [-0.05, 0) is 19.8 Å². The van der Waals surface area contributed by atoms with Crippen LogP contribution in [0.15, 0.2) is 33.0 Å². The van der Waals surface area contributed by atoms with Gasteiger partial charge >= 0.3 is 0 Å². The largest absolute Gasteiger partial charge is 0.506 e. The molecule has 0 atom stereocenters. The van der Waals surface area contributed by atoms with Crippen molar-refractivity contribution in [3.05, 3.63) is 29.8 Å². The van der Waals surface area contributed by atoms with Crippen LogP contribution in [0.1, 0.15) is 32.4 Å². The smallest absolute Gasteiger partial charge is 0.216 e. The fourth-order valence-corrected chi connectivity index (χ4v) is 2.26. The van der Waals surface area contributed by atoms with Crippen molar-refractivity contribution in [2.75, 3.05) is 18.0 Å². The predicted molar refractivity (Wildman–Crippen MR) is 86.3 cm³/mol. The zero-order valence-electron chi connectivity index (χ0n) is 13.6. The Hall–Kier alpha value is -2.44. The lowest BCUT2D eigenvalue weighted by Gasteiger charge is -2.24. The second-order valence-corrected chi connectivity index (χ2v) is 5.28. The van der Waals surface area contributed by atoms with E-state index in [0.717, 1.165) is 25.9 Å². The molecule has 1 aromatic carbocycles. The standard InChI is InChI=1S/C16H21FN4O2/c1-4-6-21(7-5-2)14-10-15(22)13(9-12(14)17)18-19-16-8-11(3)23-20-16/h8-10,22H,4-7H2,1-3H3. The Balaban J connectivity index is 2.27. The summed E-state index contributed by atoms with van der Waals surface area (Å²) in [6.45, 7) is 7.24. The van der Waals surface area contributed by atoms with Gasteiger partial charge in [-0.3, -0.25) is 0 Å². The zero-order chi connectivity index (χ0) is 16.8. The predicted octanol–water partition coefficient (Wildman–Crippen LogP) is 4.87. The third-order valence-corrected chi connectivity index (χ3v) is 3.25. The first-order valence-electron chi connectivity index (χ1n) is 7.67. The highest BCUT2D eigenvalue weighted by atomic mass is 19.1. The molecule has 0 aliphatic heterocycles. The highest BCUT2D eigenvalue weighted by Gasteiger charge is 2.14. The Kier molecular flexibility index (Phi) is 5.67. The molecule has 2 rings (SSSR count). The van der Waals surface area contributed by atoms with Crippen molar-refractivity contribution in [2.24, 2.45) is 10.2 Å². The van der Waals surface area contributed by atoms with Gasteiger partial charge in [-0.2, -0.15) is 0 Å². The molecular formula is C16H21FN4O2. The van der Waals surface area contributed by atoms with Crippen LogP contribution in [0.25, 0.3) is 0 Å². The first-order valence-corrected chi connectivity index (χ1v) is 7.67. The van der Waals surface area contributed by atoms with E-state index in [1.165, 1.54) is 12.1 Å². The topological polar surface area (TPSA) is 74.2 Å². The van der Waals surface area contributed by atoms with E-state index >= 15 is 0 Å². The molecule has 0 spiro atoms. The number of nitrogens with zero attached hydrogens (tertiary/aromatic N) is 4. The van der Waals surface area contributed by atoms with Crippen molar-refractivity contribution in [3.8, 4) is 5.75 Å². The van der Waals surface area contributed by atoms with Crippen LogP contribution in [0, 0.1) is 12.7 Å². The number of aromatic hydroxyl groups is 1. The summed E-state index contributed by atoms with van der Waals surface area (Å²) < 4.78 is 19.2. The second kappa shape index (κ2) is 7.71. The first kappa shape index (κ1) is 16.9. The maximum atomic E-state index is 14.4. The number of hydrogen-bond acceptors (Lipinski definition) is 6. The quantitative estimate of drug-likeness (QED) is 0.739. The maximum Gasteiger partial charge on any atom is 0.216 e. The molecule has 23 heavy (non-hydrogen) atoms. The number of hydrogen-bond donors (Lipinski definition) is 1. The van der Waals surface area contributed by atoms with Crippen LogP contribution in [0.4, 0.5) is 21.6 Å². The minimum absolute atomic E-state index is 0.0554. The van der Waals surface area contributed by atoms with E-state index in [-0.39, 0.29) is 17.3 Å². The van der Waals surface area contributed by atoms with Crippen molar-refractivity contribution in [1.82, 2.24) is 5.16 Å². The van der Waals surface area contributed by atoms with Crippen LogP contribution < -0.4 is 4.90 Å². The summed E-state index contributed by atoms with van der Waals surface area (Å²) in [4.78, 5) is 1.91. The number of anilines is 1. The Morgan fingerprint density at radius 3 is 2.43 bits per heavy atom. The van der Waals surface area contributed by atoms with Crippen LogP contribution >= 0.6 is 0 Å². The van der Waals surface area contributed by atoms with Crippen LogP contribution in [0.5, 0.6) is 5.75 Å². The molecule has 1 N–H and O–H groups in total. The Labute approximate surface area is 134 Å². The van der Waals surface area contributed by atoms with E-state index in [1.807, 2.05) is 18.7 Å². The van der Waals surface area contributed by atoms with Crippen molar-refractivity contribution in [3.63, 3.8) is 0 Å². The summed E-state index contributed by atoms with van der Waals surface area (Å²) in [6, 6.07) is 4.16. The van der Waals surface area contributed by atoms with E-state index in [1.54, 1.807) is 13.0 Å². The normalized spacial score (nSPS) is 11.3. The molecule has 6 nitrogen and oxygen atoms in total. The molecule has 0 saturated heterocycles. The fraction of sp³-hybridized carbons (Fsp3) is 0.438. The first-order chi connectivity index (χ1) is 11.0. The van der Waals surface area contributed by atoms with Gasteiger partial charge in [0.2, 0.25) is 5.82 Å². The third-order valence-electron chi connectivity index (χ3n) is 3.25. The molecule has 0 fully saturated rings.